The van der Waals surface area contributed by atoms with Gasteiger partial charge in [0, 0.05) is 5.56 Å². The van der Waals surface area contributed by atoms with Crippen molar-refractivity contribution in [2.24, 2.45) is 0 Å². The van der Waals surface area contributed by atoms with E-state index in [9.17, 15) is 19.2 Å². The summed E-state index contributed by atoms with van der Waals surface area (Å²) in [7, 11) is 1.31. The molecule has 0 aromatic heterocycles. The summed E-state index contributed by atoms with van der Waals surface area (Å²) in [4.78, 5) is 50.6. The van der Waals surface area contributed by atoms with Crippen LogP contribution < -0.4 is 0 Å². The first-order chi connectivity index (χ1) is 16.9. The standard InChI is InChI=1S/C28H21NO5S/c1-34-27(32)23-14-11-21(12-15-23)18-29-26(31)25(35-28(29)33)17-20-9-7-19(8-10-20)13-16-24(30)22-5-3-2-4-6-22/h2-17H,18H2,1H3/b16-13+,25-17-. The number of hydrogen-bond donors (Lipinski definition) is 0. The lowest BCUT2D eigenvalue weighted by atomic mass is 10.1. The summed E-state index contributed by atoms with van der Waals surface area (Å²) in [6.45, 7) is 0.114. The highest BCUT2D eigenvalue weighted by Crippen LogP contribution is 2.33. The van der Waals surface area contributed by atoms with E-state index in [-0.39, 0.29) is 23.5 Å². The molecular weight excluding hydrogens is 462 g/mol. The molecule has 2 amide bonds. The Bertz CT molecular complexity index is 1330. The number of carbonyl (C=O) groups is 4. The zero-order valence-electron chi connectivity index (χ0n) is 18.8. The van der Waals surface area contributed by atoms with Gasteiger partial charge in [-0.1, -0.05) is 72.8 Å². The minimum Gasteiger partial charge on any atom is -0.465 e. The fraction of sp³-hybridized carbons (Fsp3) is 0.0714. The number of methoxy groups -OCH3 is 1. The van der Waals surface area contributed by atoms with Crippen molar-refractivity contribution in [1.82, 2.24) is 4.90 Å². The van der Waals surface area contributed by atoms with Crippen LogP contribution in [-0.2, 0) is 16.1 Å². The first kappa shape index (κ1) is 23.9. The number of ketones is 1. The molecule has 4 rings (SSSR count). The Balaban J connectivity index is 1.41. The van der Waals surface area contributed by atoms with Crippen LogP contribution in [0, 0.1) is 0 Å². The van der Waals surface area contributed by atoms with E-state index in [0.29, 0.717) is 16.0 Å². The predicted octanol–water partition coefficient (Wildman–Crippen LogP) is 5.61. The van der Waals surface area contributed by atoms with E-state index in [1.54, 1.807) is 48.6 Å². The van der Waals surface area contributed by atoms with E-state index in [0.717, 1.165) is 28.5 Å². The Morgan fingerprint density at radius 3 is 2.17 bits per heavy atom. The van der Waals surface area contributed by atoms with Gasteiger partial charge >= 0.3 is 5.97 Å². The number of imide groups is 1. The molecule has 35 heavy (non-hydrogen) atoms. The zero-order chi connectivity index (χ0) is 24.8. The van der Waals surface area contributed by atoms with Crippen LogP contribution >= 0.6 is 11.8 Å². The Hall–Kier alpha value is -4.23. The van der Waals surface area contributed by atoms with Crippen molar-refractivity contribution < 1.29 is 23.9 Å². The SMILES string of the molecule is COC(=O)c1ccc(CN2C(=O)S/C(=C\c3ccc(/C=C/C(=O)c4ccccc4)cc3)C2=O)cc1. The summed E-state index contributed by atoms with van der Waals surface area (Å²) in [6, 6.07) is 22.9. The largest absolute Gasteiger partial charge is 0.465 e. The molecule has 1 saturated heterocycles. The number of allylic oxidation sites excluding steroid dienone is 1. The fourth-order valence-electron chi connectivity index (χ4n) is 3.41. The molecule has 6 nitrogen and oxygen atoms in total. The first-order valence-corrected chi connectivity index (χ1v) is 11.6. The van der Waals surface area contributed by atoms with Crippen LogP contribution in [0.3, 0.4) is 0 Å². The monoisotopic (exact) mass is 483 g/mol. The number of hydrogen-bond acceptors (Lipinski definition) is 6. The third-order valence-electron chi connectivity index (χ3n) is 5.31. The molecule has 0 unspecified atom stereocenters. The molecule has 0 bridgehead atoms. The van der Waals surface area contributed by atoms with Gasteiger partial charge in [-0.15, -0.1) is 0 Å². The predicted molar refractivity (Wildman–Crippen MR) is 136 cm³/mol. The minimum atomic E-state index is -0.449. The molecule has 3 aromatic carbocycles. The number of nitrogens with zero attached hydrogens (tertiary/aromatic N) is 1. The summed E-state index contributed by atoms with van der Waals surface area (Å²) in [6.07, 6.45) is 4.93. The number of carbonyl (C=O) groups excluding carboxylic acids is 4. The van der Waals surface area contributed by atoms with Gasteiger partial charge in [0.2, 0.25) is 0 Å². The average Bonchev–Trinajstić information content (AvgIpc) is 3.15. The van der Waals surface area contributed by atoms with Gasteiger partial charge in [0.05, 0.1) is 24.1 Å². The van der Waals surface area contributed by atoms with E-state index in [4.69, 9.17) is 0 Å². The van der Waals surface area contributed by atoms with Crippen molar-refractivity contribution in [2.75, 3.05) is 7.11 Å². The zero-order valence-corrected chi connectivity index (χ0v) is 19.7. The molecular formula is C28H21NO5S. The second-order valence-corrected chi connectivity index (χ2v) is 8.68. The lowest BCUT2D eigenvalue weighted by molar-refractivity contribution is -0.123. The Morgan fingerprint density at radius 2 is 1.51 bits per heavy atom. The van der Waals surface area contributed by atoms with Gasteiger partial charge in [0.1, 0.15) is 0 Å². The maximum atomic E-state index is 12.8. The van der Waals surface area contributed by atoms with Crippen LogP contribution in [0.2, 0.25) is 0 Å². The number of benzene rings is 3. The maximum Gasteiger partial charge on any atom is 0.337 e. The minimum absolute atomic E-state index is 0.0803. The van der Waals surface area contributed by atoms with Gasteiger partial charge in [-0.25, -0.2) is 4.79 Å². The van der Waals surface area contributed by atoms with Gasteiger partial charge < -0.3 is 4.74 Å². The van der Waals surface area contributed by atoms with Crippen LogP contribution in [0.5, 0.6) is 0 Å². The summed E-state index contributed by atoms with van der Waals surface area (Å²) < 4.78 is 4.68. The topological polar surface area (TPSA) is 80.8 Å². The van der Waals surface area contributed by atoms with Crippen molar-refractivity contribution >= 4 is 46.8 Å². The van der Waals surface area contributed by atoms with Crippen LogP contribution in [0.25, 0.3) is 12.2 Å². The van der Waals surface area contributed by atoms with Gasteiger partial charge in [-0.05, 0) is 52.7 Å². The van der Waals surface area contributed by atoms with Gasteiger partial charge in [0.15, 0.2) is 5.78 Å². The molecule has 1 aliphatic rings. The van der Waals surface area contributed by atoms with Crippen molar-refractivity contribution in [1.29, 1.82) is 0 Å². The second-order valence-electron chi connectivity index (χ2n) is 7.69. The van der Waals surface area contributed by atoms with Gasteiger partial charge in [0.25, 0.3) is 11.1 Å². The van der Waals surface area contributed by atoms with Crippen molar-refractivity contribution in [3.63, 3.8) is 0 Å². The lowest BCUT2D eigenvalue weighted by Gasteiger charge is -2.12. The van der Waals surface area contributed by atoms with E-state index < -0.39 is 5.97 Å². The number of ether oxygens (including phenoxy) is 1. The molecule has 7 heteroatoms. The second kappa shape index (κ2) is 10.8. The molecule has 0 atom stereocenters. The Labute approximate surface area is 206 Å². The summed E-state index contributed by atoms with van der Waals surface area (Å²) in [5.74, 6) is -0.896. The van der Waals surface area contributed by atoms with E-state index in [1.165, 1.54) is 18.1 Å². The Kier molecular flexibility index (Phi) is 7.38. The molecule has 0 spiro atoms. The Morgan fingerprint density at radius 1 is 0.857 bits per heavy atom. The summed E-state index contributed by atoms with van der Waals surface area (Å²) in [5.41, 5.74) is 3.35. The number of rotatable bonds is 7. The highest BCUT2D eigenvalue weighted by molar-refractivity contribution is 8.18. The van der Waals surface area contributed by atoms with Crippen LogP contribution in [0.15, 0.2) is 89.8 Å². The highest BCUT2D eigenvalue weighted by Gasteiger charge is 2.35. The van der Waals surface area contributed by atoms with E-state index in [2.05, 4.69) is 4.74 Å². The average molecular weight is 484 g/mol. The van der Waals surface area contributed by atoms with Crippen molar-refractivity contribution in [3.05, 3.63) is 118 Å². The van der Waals surface area contributed by atoms with Gasteiger partial charge in [-0.3, -0.25) is 19.3 Å². The maximum absolute atomic E-state index is 12.8. The lowest BCUT2D eigenvalue weighted by Crippen LogP contribution is -2.27. The molecule has 0 radical (unpaired) electrons. The van der Waals surface area contributed by atoms with Crippen LogP contribution in [0.4, 0.5) is 4.79 Å². The number of thioether (sulfide) groups is 1. The molecule has 174 valence electrons. The first-order valence-electron chi connectivity index (χ1n) is 10.7. The van der Waals surface area contributed by atoms with Crippen LogP contribution in [-0.4, -0.2) is 34.9 Å². The highest BCUT2D eigenvalue weighted by atomic mass is 32.2. The fourth-order valence-corrected chi connectivity index (χ4v) is 4.25. The number of amides is 2. The normalized spacial score (nSPS) is 14.7. The van der Waals surface area contributed by atoms with Gasteiger partial charge in [-0.2, -0.15) is 0 Å². The van der Waals surface area contributed by atoms with E-state index >= 15 is 0 Å². The summed E-state index contributed by atoms with van der Waals surface area (Å²) in [5, 5.41) is -0.350. The third kappa shape index (κ3) is 5.83. The summed E-state index contributed by atoms with van der Waals surface area (Å²) >= 11 is 0.889. The van der Waals surface area contributed by atoms with Crippen molar-refractivity contribution in [2.45, 2.75) is 6.54 Å². The molecule has 1 aliphatic heterocycles. The molecule has 0 N–H and O–H groups in total. The number of esters is 1. The van der Waals surface area contributed by atoms with Crippen LogP contribution in [0.1, 0.15) is 37.4 Å². The molecule has 3 aromatic rings. The molecule has 1 heterocycles. The third-order valence-corrected chi connectivity index (χ3v) is 6.22. The van der Waals surface area contributed by atoms with E-state index in [1.807, 2.05) is 42.5 Å². The van der Waals surface area contributed by atoms with Crippen molar-refractivity contribution in [3.8, 4) is 0 Å². The molecule has 0 saturated carbocycles. The molecule has 0 aliphatic carbocycles. The smallest absolute Gasteiger partial charge is 0.337 e. The quantitative estimate of drug-likeness (QED) is 0.247. The molecule has 1 fully saturated rings.